The number of carbonyl (C=O) groups is 2. The summed E-state index contributed by atoms with van der Waals surface area (Å²) in [5.74, 6) is 0.672. The first kappa shape index (κ1) is 17.5. The largest absolute Gasteiger partial charge is 0.492 e. The molecule has 1 amide bonds. The van der Waals surface area contributed by atoms with E-state index in [1.165, 1.54) is 18.3 Å². The number of thiophene rings is 1. The first-order chi connectivity index (χ1) is 10.9. The number of halogens is 1. The Kier molecular flexibility index (Phi) is 5.80. The molecule has 0 radical (unpaired) electrons. The fourth-order valence-electron chi connectivity index (χ4n) is 1.79. The molecule has 2 rings (SSSR count). The highest BCUT2D eigenvalue weighted by molar-refractivity contribution is 7.16. The fraction of sp³-hybridized carbons (Fsp3) is 0.294. The number of nitrogens with one attached hydrogen (secondary N) is 1. The standard InChI is InChI=1S/C17H18ClNO3S/c1-10(2)9-22-14-5-4-12(8-13(14)18)19-17(21)16-7-6-15(23-16)11(3)20/h4-8,10H,9H2,1-3H3,(H,19,21). The van der Waals surface area contributed by atoms with E-state index in [0.29, 0.717) is 38.7 Å². The zero-order valence-corrected chi connectivity index (χ0v) is 14.8. The van der Waals surface area contributed by atoms with Crippen molar-refractivity contribution in [2.24, 2.45) is 5.92 Å². The van der Waals surface area contributed by atoms with E-state index >= 15 is 0 Å². The molecule has 1 heterocycles. The Morgan fingerprint density at radius 3 is 2.48 bits per heavy atom. The molecule has 1 N–H and O–H groups in total. The Labute approximate surface area is 144 Å². The number of hydrogen-bond donors (Lipinski definition) is 1. The summed E-state index contributed by atoms with van der Waals surface area (Å²) in [6.45, 7) is 6.16. The van der Waals surface area contributed by atoms with E-state index in [4.69, 9.17) is 16.3 Å². The van der Waals surface area contributed by atoms with Crippen molar-refractivity contribution >= 4 is 40.3 Å². The van der Waals surface area contributed by atoms with Crippen molar-refractivity contribution in [1.29, 1.82) is 0 Å². The molecule has 0 saturated carbocycles. The maximum atomic E-state index is 12.2. The second-order valence-corrected chi connectivity index (χ2v) is 7.02. The second-order valence-electron chi connectivity index (χ2n) is 5.52. The molecule has 0 spiro atoms. The highest BCUT2D eigenvalue weighted by Crippen LogP contribution is 2.28. The molecule has 0 aliphatic carbocycles. The Bertz CT molecular complexity index is 724. The molecule has 0 saturated heterocycles. The highest BCUT2D eigenvalue weighted by Gasteiger charge is 2.12. The zero-order valence-electron chi connectivity index (χ0n) is 13.2. The molecule has 1 aromatic carbocycles. The van der Waals surface area contributed by atoms with E-state index in [-0.39, 0.29) is 11.7 Å². The number of ether oxygens (including phenoxy) is 1. The first-order valence-electron chi connectivity index (χ1n) is 7.21. The maximum Gasteiger partial charge on any atom is 0.265 e. The number of ketones is 1. The number of carbonyl (C=O) groups excluding carboxylic acids is 2. The number of benzene rings is 1. The van der Waals surface area contributed by atoms with Crippen molar-refractivity contribution in [3.8, 4) is 5.75 Å². The van der Waals surface area contributed by atoms with Crippen LogP contribution in [0.1, 0.15) is 40.1 Å². The van der Waals surface area contributed by atoms with Crippen molar-refractivity contribution in [3.63, 3.8) is 0 Å². The summed E-state index contributed by atoms with van der Waals surface area (Å²) in [6, 6.07) is 8.40. The molecule has 0 bridgehead atoms. The smallest absolute Gasteiger partial charge is 0.265 e. The van der Waals surface area contributed by atoms with Gasteiger partial charge in [0.25, 0.3) is 5.91 Å². The van der Waals surface area contributed by atoms with Gasteiger partial charge in [0.1, 0.15) is 5.75 Å². The van der Waals surface area contributed by atoms with Crippen LogP contribution in [-0.4, -0.2) is 18.3 Å². The minimum atomic E-state index is -0.269. The first-order valence-corrected chi connectivity index (χ1v) is 8.40. The quantitative estimate of drug-likeness (QED) is 0.754. The van der Waals surface area contributed by atoms with E-state index in [0.717, 1.165) is 0 Å². The van der Waals surface area contributed by atoms with Crippen LogP contribution in [0.4, 0.5) is 5.69 Å². The van der Waals surface area contributed by atoms with Gasteiger partial charge in [0.05, 0.1) is 21.4 Å². The van der Waals surface area contributed by atoms with Crippen LogP contribution in [-0.2, 0) is 0 Å². The predicted molar refractivity (Wildman–Crippen MR) is 94.1 cm³/mol. The molecule has 0 aliphatic rings. The number of rotatable bonds is 6. The van der Waals surface area contributed by atoms with E-state index < -0.39 is 0 Å². The summed E-state index contributed by atoms with van der Waals surface area (Å²) in [6.07, 6.45) is 0. The van der Waals surface area contributed by atoms with Crippen LogP contribution < -0.4 is 10.1 Å². The van der Waals surface area contributed by atoms with Gasteiger partial charge < -0.3 is 10.1 Å². The second kappa shape index (κ2) is 7.62. The number of hydrogen-bond acceptors (Lipinski definition) is 4. The summed E-state index contributed by atoms with van der Waals surface area (Å²) in [4.78, 5) is 24.5. The average molecular weight is 352 g/mol. The third-order valence-electron chi connectivity index (χ3n) is 2.94. The third-order valence-corrected chi connectivity index (χ3v) is 4.42. The lowest BCUT2D eigenvalue weighted by Gasteiger charge is -2.11. The fourth-order valence-corrected chi connectivity index (χ4v) is 2.83. The predicted octanol–water partition coefficient (Wildman–Crippen LogP) is 4.89. The lowest BCUT2D eigenvalue weighted by atomic mass is 10.2. The summed E-state index contributed by atoms with van der Waals surface area (Å²) in [5.41, 5.74) is 0.578. The van der Waals surface area contributed by atoms with Gasteiger partial charge in [-0.25, -0.2) is 0 Å². The molecule has 2 aromatic rings. The van der Waals surface area contributed by atoms with Gasteiger partial charge >= 0.3 is 0 Å². The monoisotopic (exact) mass is 351 g/mol. The Hall–Kier alpha value is -1.85. The van der Waals surface area contributed by atoms with E-state index in [1.54, 1.807) is 30.3 Å². The summed E-state index contributed by atoms with van der Waals surface area (Å²) in [5, 5.41) is 3.21. The van der Waals surface area contributed by atoms with Crippen LogP contribution in [0.25, 0.3) is 0 Å². The minimum Gasteiger partial charge on any atom is -0.492 e. The van der Waals surface area contributed by atoms with Crippen molar-refractivity contribution in [1.82, 2.24) is 0 Å². The van der Waals surface area contributed by atoms with Gasteiger partial charge in [0.2, 0.25) is 0 Å². The van der Waals surface area contributed by atoms with Crippen LogP contribution >= 0.6 is 22.9 Å². The van der Waals surface area contributed by atoms with E-state index in [1.807, 2.05) is 0 Å². The number of Topliss-reactive ketones (excluding diaryl/α,β-unsaturated/α-hetero) is 1. The van der Waals surface area contributed by atoms with Crippen molar-refractivity contribution in [3.05, 3.63) is 45.1 Å². The Morgan fingerprint density at radius 1 is 1.22 bits per heavy atom. The van der Waals surface area contributed by atoms with Crippen LogP contribution in [0.2, 0.25) is 5.02 Å². The third kappa shape index (κ3) is 4.81. The van der Waals surface area contributed by atoms with Gasteiger partial charge in [-0.2, -0.15) is 0 Å². The molecular formula is C17H18ClNO3S. The molecule has 4 nitrogen and oxygen atoms in total. The number of anilines is 1. The molecule has 0 unspecified atom stereocenters. The highest BCUT2D eigenvalue weighted by atomic mass is 35.5. The summed E-state index contributed by atoms with van der Waals surface area (Å²) < 4.78 is 5.59. The van der Waals surface area contributed by atoms with Gasteiger partial charge in [-0.15, -0.1) is 11.3 Å². The average Bonchev–Trinajstić information content (AvgIpc) is 2.96. The van der Waals surface area contributed by atoms with E-state index in [9.17, 15) is 9.59 Å². The molecule has 0 aliphatic heterocycles. The summed E-state index contributed by atoms with van der Waals surface area (Å²) in [7, 11) is 0. The maximum absolute atomic E-state index is 12.2. The molecule has 0 atom stereocenters. The van der Waals surface area contributed by atoms with Crippen molar-refractivity contribution in [2.45, 2.75) is 20.8 Å². The molecule has 23 heavy (non-hydrogen) atoms. The van der Waals surface area contributed by atoms with Crippen LogP contribution in [0.5, 0.6) is 5.75 Å². The minimum absolute atomic E-state index is 0.0521. The van der Waals surface area contributed by atoms with Crippen LogP contribution in [0, 0.1) is 5.92 Å². The van der Waals surface area contributed by atoms with Crippen LogP contribution in [0.3, 0.4) is 0 Å². The SMILES string of the molecule is CC(=O)c1ccc(C(=O)Nc2ccc(OCC(C)C)c(Cl)c2)s1. The molecule has 6 heteroatoms. The van der Waals surface area contributed by atoms with Crippen LogP contribution in [0.15, 0.2) is 30.3 Å². The normalized spacial score (nSPS) is 10.7. The Balaban J connectivity index is 2.06. The van der Waals surface area contributed by atoms with Crippen molar-refractivity contribution < 1.29 is 14.3 Å². The lowest BCUT2D eigenvalue weighted by molar-refractivity contribution is 0.101. The van der Waals surface area contributed by atoms with Crippen molar-refractivity contribution in [2.75, 3.05) is 11.9 Å². The van der Waals surface area contributed by atoms with E-state index in [2.05, 4.69) is 19.2 Å². The summed E-state index contributed by atoms with van der Waals surface area (Å²) >= 11 is 7.34. The van der Waals surface area contributed by atoms with Gasteiger partial charge in [-0.05, 0) is 43.2 Å². The molecular weight excluding hydrogens is 334 g/mol. The molecule has 0 fully saturated rings. The zero-order chi connectivity index (χ0) is 17.0. The van der Waals surface area contributed by atoms with Gasteiger partial charge in [-0.1, -0.05) is 25.4 Å². The molecule has 122 valence electrons. The molecule has 1 aromatic heterocycles. The van der Waals surface area contributed by atoms with Gasteiger partial charge in [-0.3, -0.25) is 9.59 Å². The number of amides is 1. The van der Waals surface area contributed by atoms with Gasteiger partial charge in [0.15, 0.2) is 5.78 Å². The lowest BCUT2D eigenvalue weighted by Crippen LogP contribution is -2.10. The Morgan fingerprint density at radius 2 is 1.91 bits per heavy atom. The van der Waals surface area contributed by atoms with Gasteiger partial charge in [0, 0.05) is 5.69 Å². The topological polar surface area (TPSA) is 55.4 Å².